The first-order chi connectivity index (χ1) is 5.49. The van der Waals surface area contributed by atoms with E-state index in [9.17, 15) is 9.59 Å². The van der Waals surface area contributed by atoms with E-state index in [0.29, 0.717) is 0 Å². The minimum Gasteiger partial charge on any atom is -0.368 e. The van der Waals surface area contributed by atoms with Crippen molar-refractivity contribution in [2.45, 2.75) is 6.92 Å². The molecule has 0 fully saturated rings. The molecule has 0 spiro atoms. The van der Waals surface area contributed by atoms with Crippen molar-refractivity contribution in [2.24, 2.45) is 17.4 Å². The van der Waals surface area contributed by atoms with Gasteiger partial charge in [0.25, 0.3) is 0 Å². The fourth-order valence-electron chi connectivity index (χ4n) is 0.789. The Morgan fingerprint density at radius 2 is 2.00 bits per heavy atom. The number of amides is 2. The van der Waals surface area contributed by atoms with Crippen LogP contribution >= 0.6 is 0 Å². The highest BCUT2D eigenvalue weighted by molar-refractivity contribution is 5.84. The van der Waals surface area contributed by atoms with Crippen LogP contribution < -0.4 is 11.5 Å². The predicted octanol–water partition coefficient (Wildman–Crippen LogP) is -1.48. The average Bonchev–Trinajstić information content (AvgIpc) is 2.00. The lowest BCUT2D eigenvalue weighted by molar-refractivity contribution is -0.136. The summed E-state index contributed by atoms with van der Waals surface area (Å²) in [6, 6.07) is 0. The molecule has 4 N–H and O–H groups in total. The van der Waals surface area contributed by atoms with Gasteiger partial charge in [0.2, 0.25) is 11.8 Å². The molecular formula is C7H15N3O2. The summed E-state index contributed by atoms with van der Waals surface area (Å²) in [5.41, 5.74) is 10.2. The third kappa shape index (κ3) is 3.34. The van der Waals surface area contributed by atoms with E-state index >= 15 is 0 Å². The van der Waals surface area contributed by atoms with Crippen molar-refractivity contribution in [1.29, 1.82) is 0 Å². The van der Waals surface area contributed by atoms with Crippen molar-refractivity contribution >= 4 is 11.8 Å². The lowest BCUT2D eigenvalue weighted by atomic mass is 10.1. The SMILES string of the molecule is CC(CN)C(=O)N(C)CC(N)=O. The van der Waals surface area contributed by atoms with Crippen molar-refractivity contribution < 1.29 is 9.59 Å². The van der Waals surface area contributed by atoms with Crippen molar-refractivity contribution in [3.63, 3.8) is 0 Å². The zero-order chi connectivity index (χ0) is 9.72. The van der Waals surface area contributed by atoms with Gasteiger partial charge in [-0.15, -0.1) is 0 Å². The fraction of sp³-hybridized carbons (Fsp3) is 0.714. The number of primary amides is 1. The Morgan fingerprint density at radius 1 is 1.50 bits per heavy atom. The summed E-state index contributed by atoms with van der Waals surface area (Å²) in [5.74, 6) is -0.930. The Bertz CT molecular complexity index is 181. The van der Waals surface area contributed by atoms with E-state index in [0.717, 1.165) is 0 Å². The van der Waals surface area contributed by atoms with Crippen LogP contribution in [-0.4, -0.2) is 36.9 Å². The molecule has 0 aromatic rings. The molecule has 0 aliphatic rings. The van der Waals surface area contributed by atoms with Gasteiger partial charge in [0.1, 0.15) is 0 Å². The monoisotopic (exact) mass is 173 g/mol. The second kappa shape index (κ2) is 4.71. The van der Waals surface area contributed by atoms with Gasteiger partial charge in [0.05, 0.1) is 6.54 Å². The zero-order valence-electron chi connectivity index (χ0n) is 7.41. The number of nitrogens with zero attached hydrogens (tertiary/aromatic N) is 1. The molecule has 0 aromatic heterocycles. The summed E-state index contributed by atoms with van der Waals surface area (Å²) in [6.07, 6.45) is 0. The summed E-state index contributed by atoms with van der Waals surface area (Å²) in [6.45, 7) is 1.94. The van der Waals surface area contributed by atoms with Crippen LogP contribution in [0.2, 0.25) is 0 Å². The van der Waals surface area contributed by atoms with Crippen LogP contribution in [0.25, 0.3) is 0 Å². The second-order valence-corrected chi connectivity index (χ2v) is 2.80. The lowest BCUT2D eigenvalue weighted by Crippen LogP contribution is -2.40. The molecule has 0 aliphatic carbocycles. The first-order valence-corrected chi connectivity index (χ1v) is 3.72. The maximum atomic E-state index is 11.2. The number of hydrogen-bond acceptors (Lipinski definition) is 3. The van der Waals surface area contributed by atoms with Crippen LogP contribution in [0, 0.1) is 5.92 Å². The quantitative estimate of drug-likeness (QED) is 0.543. The molecule has 12 heavy (non-hydrogen) atoms. The zero-order valence-corrected chi connectivity index (χ0v) is 7.41. The molecule has 1 unspecified atom stereocenters. The minimum atomic E-state index is -0.518. The number of carbonyl (C=O) groups excluding carboxylic acids is 2. The topological polar surface area (TPSA) is 89.4 Å². The average molecular weight is 173 g/mol. The van der Waals surface area contributed by atoms with E-state index in [1.54, 1.807) is 6.92 Å². The number of carbonyl (C=O) groups is 2. The Morgan fingerprint density at radius 3 is 2.33 bits per heavy atom. The molecule has 5 heteroatoms. The van der Waals surface area contributed by atoms with E-state index in [1.807, 2.05) is 0 Å². The van der Waals surface area contributed by atoms with Crippen LogP contribution in [0.3, 0.4) is 0 Å². The molecule has 0 radical (unpaired) electrons. The highest BCUT2D eigenvalue weighted by atomic mass is 16.2. The summed E-state index contributed by atoms with van der Waals surface area (Å²) < 4.78 is 0. The fourth-order valence-corrected chi connectivity index (χ4v) is 0.789. The van der Waals surface area contributed by atoms with E-state index in [2.05, 4.69) is 0 Å². The van der Waals surface area contributed by atoms with Crippen molar-refractivity contribution in [3.8, 4) is 0 Å². The van der Waals surface area contributed by atoms with Crippen LogP contribution in [0.1, 0.15) is 6.92 Å². The van der Waals surface area contributed by atoms with E-state index in [-0.39, 0.29) is 24.9 Å². The molecule has 0 bridgehead atoms. The Kier molecular flexibility index (Phi) is 4.28. The normalized spacial score (nSPS) is 12.2. The van der Waals surface area contributed by atoms with Crippen LogP contribution in [0.4, 0.5) is 0 Å². The van der Waals surface area contributed by atoms with Gasteiger partial charge in [-0.2, -0.15) is 0 Å². The lowest BCUT2D eigenvalue weighted by Gasteiger charge is -2.18. The van der Waals surface area contributed by atoms with Crippen LogP contribution in [0.5, 0.6) is 0 Å². The summed E-state index contributed by atoms with van der Waals surface area (Å²) in [7, 11) is 1.53. The molecule has 5 nitrogen and oxygen atoms in total. The highest BCUT2D eigenvalue weighted by Gasteiger charge is 2.16. The van der Waals surface area contributed by atoms with E-state index in [1.165, 1.54) is 11.9 Å². The van der Waals surface area contributed by atoms with Crippen molar-refractivity contribution in [1.82, 2.24) is 4.90 Å². The molecule has 2 amide bonds. The third-order valence-electron chi connectivity index (χ3n) is 1.54. The van der Waals surface area contributed by atoms with Gasteiger partial charge in [-0.25, -0.2) is 0 Å². The van der Waals surface area contributed by atoms with Gasteiger partial charge in [-0.05, 0) is 0 Å². The van der Waals surface area contributed by atoms with Crippen molar-refractivity contribution in [3.05, 3.63) is 0 Å². The predicted molar refractivity (Wildman–Crippen MR) is 45.0 cm³/mol. The van der Waals surface area contributed by atoms with Gasteiger partial charge in [0, 0.05) is 19.5 Å². The van der Waals surface area contributed by atoms with Crippen molar-refractivity contribution in [2.75, 3.05) is 20.1 Å². The summed E-state index contributed by atoms with van der Waals surface area (Å²) in [4.78, 5) is 22.9. The Hall–Kier alpha value is -1.10. The number of nitrogens with two attached hydrogens (primary N) is 2. The molecule has 0 saturated carbocycles. The maximum Gasteiger partial charge on any atom is 0.237 e. The molecule has 0 aromatic carbocycles. The second-order valence-electron chi connectivity index (χ2n) is 2.80. The standard InChI is InChI=1S/C7H15N3O2/c1-5(3-8)7(12)10(2)4-6(9)11/h5H,3-4,8H2,1-2H3,(H2,9,11). The van der Waals surface area contributed by atoms with E-state index in [4.69, 9.17) is 11.5 Å². The van der Waals surface area contributed by atoms with Gasteiger partial charge in [0.15, 0.2) is 0 Å². The van der Waals surface area contributed by atoms with Gasteiger partial charge >= 0.3 is 0 Å². The van der Waals surface area contributed by atoms with Crippen LogP contribution in [-0.2, 0) is 9.59 Å². The first-order valence-electron chi connectivity index (χ1n) is 3.72. The van der Waals surface area contributed by atoms with E-state index < -0.39 is 5.91 Å². The van der Waals surface area contributed by atoms with Gasteiger partial charge < -0.3 is 16.4 Å². The molecule has 0 rings (SSSR count). The van der Waals surface area contributed by atoms with Gasteiger partial charge in [-0.3, -0.25) is 9.59 Å². The molecule has 1 atom stereocenters. The minimum absolute atomic E-state index is 0.0524. The maximum absolute atomic E-state index is 11.2. The third-order valence-corrected chi connectivity index (χ3v) is 1.54. The first kappa shape index (κ1) is 10.9. The highest BCUT2D eigenvalue weighted by Crippen LogP contribution is 1.97. The largest absolute Gasteiger partial charge is 0.368 e. The molecule has 0 heterocycles. The summed E-state index contributed by atoms with van der Waals surface area (Å²) in [5, 5.41) is 0. The Balaban J connectivity index is 4.01. The Labute approximate surface area is 71.7 Å². The molecule has 0 aliphatic heterocycles. The van der Waals surface area contributed by atoms with Crippen LogP contribution in [0.15, 0.2) is 0 Å². The molecule has 70 valence electrons. The number of rotatable bonds is 4. The molecule has 0 saturated heterocycles. The summed E-state index contributed by atoms with van der Waals surface area (Å²) >= 11 is 0. The smallest absolute Gasteiger partial charge is 0.237 e. The number of hydrogen-bond donors (Lipinski definition) is 2. The molecular weight excluding hydrogens is 158 g/mol. The number of likely N-dealkylation sites (N-methyl/N-ethyl adjacent to an activating group) is 1. The van der Waals surface area contributed by atoms with Gasteiger partial charge in [-0.1, -0.05) is 6.92 Å².